The number of carboxylic acids is 1. The second kappa shape index (κ2) is 5.01. The van der Waals surface area contributed by atoms with E-state index in [1.807, 2.05) is 13.8 Å². The van der Waals surface area contributed by atoms with Crippen LogP contribution in [0.4, 0.5) is 0 Å². The summed E-state index contributed by atoms with van der Waals surface area (Å²) in [5.74, 6) is -0.926. The number of carbonyl (C=O) groups is 2. The number of carbonyl (C=O) groups excluding carboxylic acids is 1. The maximum absolute atomic E-state index is 10.8. The van der Waals surface area contributed by atoms with Crippen LogP contribution in [-0.2, 0) is 11.3 Å². The first-order valence-corrected chi connectivity index (χ1v) is 5.14. The summed E-state index contributed by atoms with van der Waals surface area (Å²) in [6, 6.07) is 1.44. The third-order valence-corrected chi connectivity index (χ3v) is 2.26. The van der Waals surface area contributed by atoms with Crippen LogP contribution in [0, 0.1) is 0 Å². The number of furan rings is 1. The first-order chi connectivity index (χ1) is 7.80. The van der Waals surface area contributed by atoms with E-state index in [4.69, 9.17) is 15.3 Å². The molecule has 0 aliphatic carbocycles. The van der Waals surface area contributed by atoms with E-state index in [-0.39, 0.29) is 12.0 Å². The lowest BCUT2D eigenvalue weighted by molar-refractivity contribution is -0.119. The Balaban J connectivity index is 2.54. The van der Waals surface area contributed by atoms with Gasteiger partial charge in [0.15, 0.2) is 0 Å². The summed E-state index contributed by atoms with van der Waals surface area (Å²) in [6.45, 7) is 4.01. The van der Waals surface area contributed by atoms with Crippen molar-refractivity contribution in [1.29, 1.82) is 0 Å². The second-order valence-electron chi connectivity index (χ2n) is 4.49. The zero-order valence-corrected chi connectivity index (χ0v) is 9.82. The average molecular weight is 240 g/mol. The van der Waals surface area contributed by atoms with Crippen LogP contribution in [0.3, 0.4) is 0 Å². The minimum Gasteiger partial charge on any atom is -0.478 e. The van der Waals surface area contributed by atoms with Gasteiger partial charge >= 0.3 is 5.97 Å². The Bertz CT molecular complexity index is 423. The Labute approximate surface area is 98.8 Å². The van der Waals surface area contributed by atoms with Gasteiger partial charge in [-0.2, -0.15) is 0 Å². The number of nitrogens with two attached hydrogens (primary N) is 1. The quantitative estimate of drug-likeness (QED) is 0.679. The van der Waals surface area contributed by atoms with Crippen LogP contribution < -0.4 is 11.1 Å². The number of hydrogen-bond acceptors (Lipinski definition) is 4. The van der Waals surface area contributed by atoms with E-state index in [9.17, 15) is 9.59 Å². The maximum Gasteiger partial charge on any atom is 0.338 e. The molecule has 0 bridgehead atoms. The molecule has 94 valence electrons. The smallest absolute Gasteiger partial charge is 0.338 e. The molecular formula is C11H16N2O4. The van der Waals surface area contributed by atoms with Gasteiger partial charge < -0.3 is 20.6 Å². The summed E-state index contributed by atoms with van der Waals surface area (Å²) >= 11 is 0. The zero-order valence-electron chi connectivity index (χ0n) is 9.82. The van der Waals surface area contributed by atoms with Gasteiger partial charge in [0.05, 0.1) is 12.1 Å². The van der Waals surface area contributed by atoms with Crippen LogP contribution in [0.2, 0.25) is 0 Å². The third-order valence-electron chi connectivity index (χ3n) is 2.26. The molecule has 0 saturated heterocycles. The number of carboxylic acid groups (broad SMARTS) is 1. The lowest BCUT2D eigenvalue weighted by atomic mass is 10.0. The van der Waals surface area contributed by atoms with Gasteiger partial charge in [0.25, 0.3) is 0 Å². The minimum atomic E-state index is -1.03. The summed E-state index contributed by atoms with van der Waals surface area (Å²) in [7, 11) is 0. The van der Waals surface area contributed by atoms with Crippen molar-refractivity contribution in [2.75, 3.05) is 0 Å². The summed E-state index contributed by atoms with van der Waals surface area (Å²) in [4.78, 5) is 21.4. The molecule has 0 fully saturated rings. The SMILES string of the molecule is CC(C)(CC(N)=O)NCc1cc(C(=O)O)co1. The highest BCUT2D eigenvalue weighted by molar-refractivity contribution is 5.87. The van der Waals surface area contributed by atoms with Gasteiger partial charge in [0.2, 0.25) is 5.91 Å². The van der Waals surface area contributed by atoms with Gasteiger partial charge in [-0.3, -0.25) is 4.79 Å². The van der Waals surface area contributed by atoms with Crippen LogP contribution in [0.5, 0.6) is 0 Å². The molecule has 4 N–H and O–H groups in total. The van der Waals surface area contributed by atoms with Gasteiger partial charge in [0, 0.05) is 12.0 Å². The van der Waals surface area contributed by atoms with Crippen LogP contribution >= 0.6 is 0 Å². The van der Waals surface area contributed by atoms with E-state index in [0.29, 0.717) is 12.3 Å². The van der Waals surface area contributed by atoms with Crippen molar-refractivity contribution in [3.63, 3.8) is 0 Å². The Morgan fingerprint density at radius 3 is 2.65 bits per heavy atom. The van der Waals surface area contributed by atoms with E-state index >= 15 is 0 Å². The number of hydrogen-bond donors (Lipinski definition) is 3. The van der Waals surface area contributed by atoms with Crippen LogP contribution in [0.15, 0.2) is 16.7 Å². The molecule has 17 heavy (non-hydrogen) atoms. The van der Waals surface area contributed by atoms with Crippen molar-refractivity contribution < 1.29 is 19.1 Å². The van der Waals surface area contributed by atoms with E-state index < -0.39 is 17.4 Å². The zero-order chi connectivity index (χ0) is 13.1. The Kier molecular flexibility index (Phi) is 3.90. The molecule has 0 aromatic carbocycles. The van der Waals surface area contributed by atoms with Crippen LogP contribution in [0.1, 0.15) is 36.4 Å². The standard InChI is InChI=1S/C11H16N2O4/c1-11(2,4-9(12)14)13-5-8-3-7(6-17-8)10(15)16/h3,6,13H,4-5H2,1-2H3,(H2,12,14)(H,15,16). The molecule has 0 aliphatic heterocycles. The monoisotopic (exact) mass is 240 g/mol. The molecule has 1 aromatic heterocycles. The van der Waals surface area contributed by atoms with E-state index in [1.165, 1.54) is 12.3 Å². The molecule has 0 atom stereocenters. The van der Waals surface area contributed by atoms with Gasteiger partial charge in [-0.1, -0.05) is 0 Å². The normalized spacial score (nSPS) is 11.4. The fourth-order valence-electron chi connectivity index (χ4n) is 1.41. The number of rotatable bonds is 6. The Morgan fingerprint density at radius 1 is 1.53 bits per heavy atom. The van der Waals surface area contributed by atoms with E-state index in [1.54, 1.807) is 0 Å². The maximum atomic E-state index is 10.8. The predicted octanol–water partition coefficient (Wildman–Crippen LogP) is 0.721. The van der Waals surface area contributed by atoms with Gasteiger partial charge in [-0.25, -0.2) is 4.79 Å². The third kappa shape index (κ3) is 4.28. The first kappa shape index (κ1) is 13.2. The molecule has 0 aliphatic rings. The molecule has 1 rings (SSSR count). The number of amides is 1. The first-order valence-electron chi connectivity index (χ1n) is 5.14. The molecule has 6 nitrogen and oxygen atoms in total. The van der Waals surface area contributed by atoms with Crippen LogP contribution in [0.25, 0.3) is 0 Å². The fraction of sp³-hybridized carbons (Fsp3) is 0.455. The van der Waals surface area contributed by atoms with Crippen molar-refractivity contribution in [2.45, 2.75) is 32.4 Å². The van der Waals surface area contributed by atoms with Crippen LogP contribution in [-0.4, -0.2) is 22.5 Å². The summed E-state index contributed by atoms with van der Waals surface area (Å²) < 4.78 is 5.07. The fourth-order valence-corrected chi connectivity index (χ4v) is 1.41. The second-order valence-corrected chi connectivity index (χ2v) is 4.49. The molecule has 1 heterocycles. The molecule has 0 radical (unpaired) electrons. The summed E-state index contributed by atoms with van der Waals surface area (Å²) in [6.07, 6.45) is 1.37. The molecule has 6 heteroatoms. The number of nitrogens with one attached hydrogen (secondary N) is 1. The predicted molar refractivity (Wildman–Crippen MR) is 60.4 cm³/mol. The Morgan fingerprint density at radius 2 is 2.18 bits per heavy atom. The van der Waals surface area contributed by atoms with Gasteiger partial charge in [0.1, 0.15) is 12.0 Å². The van der Waals surface area contributed by atoms with Crippen molar-refractivity contribution in [2.24, 2.45) is 5.73 Å². The van der Waals surface area contributed by atoms with Gasteiger partial charge in [-0.15, -0.1) is 0 Å². The Hall–Kier alpha value is -1.82. The van der Waals surface area contributed by atoms with E-state index in [2.05, 4.69) is 5.32 Å². The molecule has 0 saturated carbocycles. The topological polar surface area (TPSA) is 106 Å². The highest BCUT2D eigenvalue weighted by atomic mass is 16.4. The molecule has 1 amide bonds. The largest absolute Gasteiger partial charge is 0.478 e. The van der Waals surface area contributed by atoms with Crippen molar-refractivity contribution >= 4 is 11.9 Å². The van der Waals surface area contributed by atoms with Crippen molar-refractivity contribution in [3.05, 3.63) is 23.7 Å². The van der Waals surface area contributed by atoms with Crippen molar-refractivity contribution in [1.82, 2.24) is 5.32 Å². The number of primary amides is 1. The van der Waals surface area contributed by atoms with Crippen molar-refractivity contribution in [3.8, 4) is 0 Å². The molecular weight excluding hydrogens is 224 g/mol. The lowest BCUT2D eigenvalue weighted by Gasteiger charge is -2.24. The molecule has 0 spiro atoms. The summed E-state index contributed by atoms with van der Waals surface area (Å²) in [5.41, 5.74) is 4.76. The molecule has 0 unspecified atom stereocenters. The summed E-state index contributed by atoms with van der Waals surface area (Å²) in [5, 5.41) is 11.8. The average Bonchev–Trinajstić information content (AvgIpc) is 2.61. The lowest BCUT2D eigenvalue weighted by Crippen LogP contribution is -2.42. The minimum absolute atomic E-state index is 0.106. The highest BCUT2D eigenvalue weighted by Crippen LogP contribution is 2.12. The highest BCUT2D eigenvalue weighted by Gasteiger charge is 2.20. The van der Waals surface area contributed by atoms with E-state index in [0.717, 1.165) is 0 Å². The number of aromatic carboxylic acids is 1. The molecule has 1 aromatic rings. The van der Waals surface area contributed by atoms with Gasteiger partial charge in [-0.05, 0) is 19.9 Å².